The van der Waals surface area contributed by atoms with Gasteiger partial charge in [-0.05, 0) is 160 Å². The molecule has 4 aromatic heterocycles. The van der Waals surface area contributed by atoms with Crippen LogP contribution in [0.5, 0.6) is 0 Å². The summed E-state index contributed by atoms with van der Waals surface area (Å²) in [6, 6.07) is 16.3. The van der Waals surface area contributed by atoms with Crippen molar-refractivity contribution in [1.82, 2.24) is 50.5 Å². The van der Waals surface area contributed by atoms with Crippen molar-refractivity contribution in [3.05, 3.63) is 125 Å². The number of anilines is 3. The van der Waals surface area contributed by atoms with Crippen molar-refractivity contribution in [2.75, 3.05) is 60.6 Å². The number of hydrogen-bond donors (Lipinski definition) is 8. The number of carboxylic acid groups (broad SMARTS) is 1. The topological polar surface area (TPSA) is 399 Å². The molecule has 0 saturated heterocycles. The Labute approximate surface area is 587 Å². The summed E-state index contributed by atoms with van der Waals surface area (Å²) in [4.78, 5) is 134. The second-order valence-electron chi connectivity index (χ2n) is 27.3. The molecular weight excluding hydrogens is 1340 g/mol. The van der Waals surface area contributed by atoms with Crippen LogP contribution in [0.25, 0.3) is 21.5 Å². The van der Waals surface area contributed by atoms with Gasteiger partial charge in [0.15, 0.2) is 16.5 Å². The van der Waals surface area contributed by atoms with Crippen LogP contribution in [0.2, 0.25) is 0 Å². The zero-order chi connectivity index (χ0) is 71.8. The number of carbonyl (C=O) groups excluding carboxylic acids is 8. The van der Waals surface area contributed by atoms with Crippen LogP contribution in [0, 0.1) is 30.1 Å². The van der Waals surface area contributed by atoms with Gasteiger partial charge in [0.05, 0.1) is 28.9 Å². The maximum Gasteiger partial charge on any atom is 0.410 e. The molecule has 536 valence electrons. The number of urea groups is 1. The number of imide groups is 1. The summed E-state index contributed by atoms with van der Waals surface area (Å²) >= 11 is 1.34. The van der Waals surface area contributed by atoms with E-state index in [1.165, 1.54) is 28.4 Å². The summed E-state index contributed by atoms with van der Waals surface area (Å²) in [7, 11) is -4.50. The summed E-state index contributed by atoms with van der Waals surface area (Å²) in [5, 5.41) is 29.7. The minimum atomic E-state index is -4.50. The second kappa shape index (κ2) is 31.4. The first-order valence-corrected chi connectivity index (χ1v) is 36.4. The fourth-order valence-electron chi connectivity index (χ4n) is 15.1. The van der Waals surface area contributed by atoms with Crippen LogP contribution < -0.4 is 37.2 Å². The lowest BCUT2D eigenvalue weighted by molar-refractivity contribution is -0.197. The first-order valence-electron chi connectivity index (χ1n) is 34.0. The van der Waals surface area contributed by atoms with Crippen LogP contribution in [0.3, 0.4) is 0 Å². The van der Waals surface area contributed by atoms with Crippen molar-refractivity contribution in [1.29, 1.82) is 0 Å². The smallest absolute Gasteiger partial charge is 0.410 e. The van der Waals surface area contributed by atoms with E-state index in [9.17, 15) is 61.2 Å². The number of fused-ring (bicyclic) bond motifs is 2. The lowest BCUT2D eigenvalue weighted by Crippen LogP contribution is -2.58. The minimum Gasteiger partial charge on any atom is -0.476 e. The summed E-state index contributed by atoms with van der Waals surface area (Å²) in [6.07, 6.45) is 12.7. The van der Waals surface area contributed by atoms with Gasteiger partial charge in [-0.3, -0.25) is 48.2 Å². The minimum absolute atomic E-state index is 0.0462. The molecule has 4 bridgehead atoms. The molecule has 4 atom stereocenters. The van der Waals surface area contributed by atoms with E-state index in [1.54, 1.807) is 62.6 Å². The van der Waals surface area contributed by atoms with Crippen LogP contribution in [0.4, 0.5) is 26.2 Å². The Kier molecular flexibility index (Phi) is 22.6. The van der Waals surface area contributed by atoms with Crippen molar-refractivity contribution >= 4 is 102 Å². The monoisotopic (exact) mass is 1420 g/mol. The van der Waals surface area contributed by atoms with E-state index in [2.05, 4.69) is 36.6 Å². The third kappa shape index (κ3) is 18.1. The number of rotatable bonds is 32. The first kappa shape index (κ1) is 72.5. The van der Waals surface area contributed by atoms with E-state index in [1.807, 2.05) is 46.8 Å². The van der Waals surface area contributed by atoms with Gasteiger partial charge < -0.3 is 51.4 Å². The van der Waals surface area contributed by atoms with Crippen LogP contribution in [-0.2, 0) is 69.7 Å². The number of thiazole rings is 1. The Hall–Kier alpha value is -9.72. The summed E-state index contributed by atoms with van der Waals surface area (Å²) in [5.74, 6) is -3.83. The maximum atomic E-state index is 13.8. The highest BCUT2D eigenvalue weighted by molar-refractivity contribution is 7.85. The molecule has 9 N–H and O–H groups in total. The van der Waals surface area contributed by atoms with Crippen LogP contribution in [0.1, 0.15) is 134 Å². The molecule has 31 heteroatoms. The van der Waals surface area contributed by atoms with E-state index in [0.29, 0.717) is 108 Å². The predicted octanol–water partition coefficient (Wildman–Crippen LogP) is 7.15. The maximum absolute atomic E-state index is 13.8. The Balaban J connectivity index is 0.681. The van der Waals surface area contributed by atoms with E-state index in [0.717, 1.165) is 58.5 Å². The molecule has 2 aromatic carbocycles. The third-order valence-corrected chi connectivity index (χ3v) is 21.2. The number of hydrogen-bond acceptors (Lipinski definition) is 19. The highest BCUT2D eigenvalue weighted by Crippen LogP contribution is 2.63. The molecule has 0 radical (unpaired) electrons. The summed E-state index contributed by atoms with van der Waals surface area (Å²) in [6.45, 7) is 6.54. The normalized spacial score (nSPS) is 19.6. The van der Waals surface area contributed by atoms with Gasteiger partial charge in [-0.1, -0.05) is 55.9 Å². The van der Waals surface area contributed by atoms with Gasteiger partial charge in [0.2, 0.25) is 17.7 Å². The van der Waals surface area contributed by atoms with E-state index >= 15 is 0 Å². The molecule has 6 aromatic rings. The van der Waals surface area contributed by atoms with Crippen molar-refractivity contribution < 1.29 is 70.7 Å². The van der Waals surface area contributed by atoms with Crippen molar-refractivity contribution in [3.8, 4) is 11.1 Å². The van der Waals surface area contributed by atoms with Crippen molar-refractivity contribution in [2.24, 2.45) is 28.9 Å². The molecule has 2 unspecified atom stereocenters. The van der Waals surface area contributed by atoms with Gasteiger partial charge in [-0.15, -0.1) is 0 Å². The highest BCUT2D eigenvalue weighted by atomic mass is 32.2. The predicted molar refractivity (Wildman–Crippen MR) is 373 cm³/mol. The van der Waals surface area contributed by atoms with Crippen LogP contribution >= 0.6 is 11.3 Å². The summed E-state index contributed by atoms with van der Waals surface area (Å²) in [5.41, 5.74) is 9.90. The van der Waals surface area contributed by atoms with Gasteiger partial charge in [-0.25, -0.2) is 24.4 Å². The van der Waals surface area contributed by atoms with E-state index < -0.39 is 69.4 Å². The molecular formula is C70H84N14O15S2. The molecule has 6 aliphatic rings. The van der Waals surface area contributed by atoms with Gasteiger partial charge >= 0.3 is 18.1 Å². The van der Waals surface area contributed by atoms with Gasteiger partial charge in [0, 0.05) is 98.7 Å². The average molecular weight is 1430 g/mol. The fourth-order valence-corrected chi connectivity index (χ4v) is 16.4. The highest BCUT2D eigenvalue weighted by Gasteiger charge is 2.58. The molecule has 4 fully saturated rings. The number of ether oxygens (including phenoxy) is 2. The van der Waals surface area contributed by atoms with E-state index in [4.69, 9.17) is 25.3 Å². The molecule has 2 aliphatic heterocycles. The molecule has 6 heterocycles. The third-order valence-electron chi connectivity index (χ3n) is 19.6. The number of primary amides is 1. The Morgan fingerprint density at radius 3 is 2.34 bits per heavy atom. The number of unbranched alkanes of at least 4 members (excludes halogenated alkanes) is 2. The number of nitrogens with zero attached hydrogens (tertiary/aromatic N) is 8. The lowest BCUT2D eigenvalue weighted by Gasteiger charge is -2.61. The molecule has 101 heavy (non-hydrogen) atoms. The van der Waals surface area contributed by atoms with E-state index in [-0.39, 0.29) is 93.4 Å². The number of amides is 9. The number of carbonyl (C=O) groups is 9. The fraction of sp³-hybridized carbons (Fsp3) is 0.471. The molecule has 29 nitrogen and oxygen atoms in total. The molecule has 9 amide bonds. The number of aromatic carboxylic acids is 1. The van der Waals surface area contributed by atoms with Gasteiger partial charge in [0.1, 0.15) is 24.5 Å². The molecule has 4 saturated carbocycles. The quantitative estimate of drug-likeness (QED) is 0.0118. The standard InChI is InChI=1S/C70H84N14O15S2/c1-42(2)59(78-56(85)14-5-4-6-26-83-57(86)21-22-58(83)87)64(90)76-53(12-8-25-73-66(71)93)63(89)75-48-17-15-44(16-18-48)39-98-68(94)81(29-31-101(95,96)97)28-30-99-70-35-45-32-46(36-70)34-69(33-45,40-70)41-84-43(3)51(37-74-84)49-19-20-55(77-60(49)65(91)92)82-27-23-47-10-7-11-50(52(47)38-82)62(88)80-67-79-61-54(100-67)13-9-24-72-61/h7,9-11,13,15-22,24,37,42,45-46,53,59H,4-6,8,12,14,23,25-36,38-41H2,1-3H3,(H,75,89)(H,76,90)(H,78,85)(H,91,92)(H3,71,73,93)(H,95,96,97)(H,72,79,80,88)/t45?,46?,53-,59-,69?,70?/m0/s1. The average Bonchev–Trinajstić information content (AvgIpc) is 1.11. The first-order chi connectivity index (χ1) is 48.3. The van der Waals surface area contributed by atoms with Crippen molar-refractivity contribution in [2.45, 2.75) is 142 Å². The largest absolute Gasteiger partial charge is 0.476 e. The Morgan fingerprint density at radius 2 is 1.62 bits per heavy atom. The number of nitrogens with one attached hydrogen (secondary N) is 5. The number of pyridine rings is 2. The Morgan fingerprint density at radius 1 is 0.861 bits per heavy atom. The van der Waals surface area contributed by atoms with Crippen LogP contribution in [0.15, 0.2) is 91.3 Å². The molecule has 0 spiro atoms. The van der Waals surface area contributed by atoms with Crippen LogP contribution in [-0.4, -0.2) is 169 Å². The zero-order valence-electron chi connectivity index (χ0n) is 56.5. The summed E-state index contributed by atoms with van der Waals surface area (Å²) < 4.78 is 49.2. The Bertz CT molecular complexity index is 4230. The van der Waals surface area contributed by atoms with Gasteiger partial charge in [-0.2, -0.15) is 18.5 Å². The number of carboxylic acids is 1. The number of aromatic nitrogens is 5. The van der Waals surface area contributed by atoms with Crippen molar-refractivity contribution in [3.63, 3.8) is 0 Å². The number of benzene rings is 2. The second-order valence-corrected chi connectivity index (χ2v) is 29.9. The molecule has 12 rings (SSSR count). The molecule has 4 aliphatic carbocycles. The van der Waals surface area contributed by atoms with Gasteiger partial charge in [0.25, 0.3) is 27.8 Å². The zero-order valence-corrected chi connectivity index (χ0v) is 58.1. The SMILES string of the molecule is Cc1c(-c2ccc(N3CCc4cccc(C(=O)Nc5nc6ncccc6s5)c4C3)nc2C(=O)O)cnn1CC12CC3CC(C1)CC(OCCN(CCS(=O)(=O)O)C(=O)OCc1ccc(NC(=O)[C@H](CCCNC(N)=O)NC(=O)[C@@H](NC(=O)CCCCCN4C(=O)C=CC4=O)C(C)C)cc1)(C3)C2. The number of nitrogens with two attached hydrogens (primary N) is 1. The lowest BCUT2D eigenvalue weighted by atomic mass is 9.48.